The Kier molecular flexibility index (Phi) is 6.10. The molecular weight excluding hydrogens is 385 g/mol. The van der Waals surface area contributed by atoms with E-state index in [0.717, 1.165) is 12.1 Å². The second-order valence-corrected chi connectivity index (χ2v) is 6.75. The number of carbonyl (C=O) groups excluding carboxylic acids is 2. The summed E-state index contributed by atoms with van der Waals surface area (Å²) in [6, 6.07) is 11.8. The molecule has 0 unspecified atom stereocenters. The Morgan fingerprint density at radius 3 is 2.59 bits per heavy atom. The zero-order valence-corrected chi connectivity index (χ0v) is 15.8. The van der Waals surface area contributed by atoms with Crippen LogP contribution in [0, 0.1) is 5.92 Å². The first kappa shape index (κ1) is 20.7. The fourth-order valence-corrected chi connectivity index (χ4v) is 3.21. The lowest BCUT2D eigenvalue weighted by atomic mass is 10.1. The first-order valence-corrected chi connectivity index (χ1v) is 9.25. The van der Waals surface area contributed by atoms with Crippen LogP contribution in [0.25, 0.3) is 0 Å². The van der Waals surface area contributed by atoms with Gasteiger partial charge in [-0.15, -0.1) is 0 Å². The Labute approximate surface area is 166 Å². The fourth-order valence-electron chi connectivity index (χ4n) is 3.21. The minimum Gasteiger partial charge on any atom is -0.494 e. The van der Waals surface area contributed by atoms with Crippen molar-refractivity contribution >= 4 is 17.5 Å². The second kappa shape index (κ2) is 8.55. The molecule has 1 heterocycles. The van der Waals surface area contributed by atoms with Crippen LogP contribution in [0.4, 0.5) is 18.9 Å². The molecule has 2 amide bonds. The van der Waals surface area contributed by atoms with E-state index in [1.165, 1.54) is 17.0 Å². The van der Waals surface area contributed by atoms with Crippen LogP contribution in [0.5, 0.6) is 5.75 Å². The van der Waals surface area contributed by atoms with Crippen molar-refractivity contribution < 1.29 is 27.5 Å². The summed E-state index contributed by atoms with van der Waals surface area (Å²) in [5.74, 6) is -0.393. The van der Waals surface area contributed by atoms with Crippen molar-refractivity contribution in [3.05, 3.63) is 59.7 Å². The number of halogens is 3. The van der Waals surface area contributed by atoms with Gasteiger partial charge in [0.25, 0.3) is 0 Å². The molecule has 0 bridgehead atoms. The molecule has 2 aromatic carbocycles. The molecule has 0 aromatic heterocycles. The maximum atomic E-state index is 12.8. The van der Waals surface area contributed by atoms with Crippen LogP contribution in [-0.2, 0) is 22.3 Å². The van der Waals surface area contributed by atoms with E-state index in [1.807, 2.05) is 6.92 Å². The van der Waals surface area contributed by atoms with E-state index < -0.39 is 17.7 Å². The Balaban J connectivity index is 1.59. The summed E-state index contributed by atoms with van der Waals surface area (Å²) in [4.78, 5) is 26.3. The van der Waals surface area contributed by atoms with E-state index in [9.17, 15) is 22.8 Å². The highest BCUT2D eigenvalue weighted by Crippen LogP contribution is 2.30. The third-order valence-electron chi connectivity index (χ3n) is 4.68. The zero-order chi connectivity index (χ0) is 21.0. The van der Waals surface area contributed by atoms with Gasteiger partial charge in [0.1, 0.15) is 5.75 Å². The molecule has 1 N–H and O–H groups in total. The predicted octanol–water partition coefficient (Wildman–Crippen LogP) is 3.77. The van der Waals surface area contributed by atoms with Gasteiger partial charge in [0.15, 0.2) is 0 Å². The molecule has 1 aliphatic rings. The van der Waals surface area contributed by atoms with Gasteiger partial charge in [-0.1, -0.05) is 12.1 Å². The highest BCUT2D eigenvalue weighted by molar-refractivity contribution is 6.00. The van der Waals surface area contributed by atoms with Crippen LogP contribution < -0.4 is 15.0 Å². The number of rotatable bonds is 6. The van der Waals surface area contributed by atoms with Crippen LogP contribution in [-0.4, -0.2) is 25.0 Å². The van der Waals surface area contributed by atoms with Crippen molar-refractivity contribution in [2.24, 2.45) is 5.92 Å². The number of carbonyl (C=O) groups is 2. The molecule has 154 valence electrons. The average molecular weight is 406 g/mol. The SMILES string of the molecule is CCOc1ccc(N2C[C@H](C(=O)NCc3cccc(C(F)(F)F)c3)CC2=O)cc1. The maximum Gasteiger partial charge on any atom is 0.416 e. The number of alkyl halides is 3. The van der Waals surface area contributed by atoms with Gasteiger partial charge < -0.3 is 15.0 Å². The lowest BCUT2D eigenvalue weighted by Crippen LogP contribution is -2.32. The van der Waals surface area contributed by atoms with E-state index in [-0.39, 0.29) is 31.3 Å². The van der Waals surface area contributed by atoms with Crippen LogP contribution in [0.2, 0.25) is 0 Å². The van der Waals surface area contributed by atoms with Crippen molar-refractivity contribution in [1.29, 1.82) is 0 Å². The summed E-state index contributed by atoms with van der Waals surface area (Å²) in [5, 5.41) is 2.63. The molecule has 0 aliphatic carbocycles. The van der Waals surface area contributed by atoms with Crippen molar-refractivity contribution in [2.45, 2.75) is 26.1 Å². The molecule has 2 aromatic rings. The molecule has 3 rings (SSSR count). The normalized spacial score (nSPS) is 16.8. The summed E-state index contributed by atoms with van der Waals surface area (Å²) in [6.45, 7) is 2.61. The summed E-state index contributed by atoms with van der Waals surface area (Å²) in [5.41, 5.74) is 0.259. The molecule has 5 nitrogen and oxygen atoms in total. The Bertz CT molecular complexity index is 881. The number of ether oxygens (including phenoxy) is 1. The van der Waals surface area contributed by atoms with Gasteiger partial charge >= 0.3 is 6.18 Å². The van der Waals surface area contributed by atoms with Crippen LogP contribution >= 0.6 is 0 Å². The molecule has 0 spiro atoms. The van der Waals surface area contributed by atoms with Crippen LogP contribution in [0.1, 0.15) is 24.5 Å². The molecular formula is C21H21F3N2O3. The van der Waals surface area contributed by atoms with E-state index in [2.05, 4.69) is 5.32 Å². The quantitative estimate of drug-likeness (QED) is 0.795. The first-order valence-electron chi connectivity index (χ1n) is 9.25. The topological polar surface area (TPSA) is 58.6 Å². The predicted molar refractivity (Wildman–Crippen MR) is 101 cm³/mol. The molecule has 1 aliphatic heterocycles. The highest BCUT2D eigenvalue weighted by Gasteiger charge is 2.35. The van der Waals surface area contributed by atoms with E-state index in [4.69, 9.17) is 4.74 Å². The van der Waals surface area contributed by atoms with Gasteiger partial charge in [0, 0.05) is 25.2 Å². The number of nitrogens with zero attached hydrogens (tertiary/aromatic N) is 1. The lowest BCUT2D eigenvalue weighted by molar-refractivity contribution is -0.137. The van der Waals surface area contributed by atoms with Crippen molar-refractivity contribution in [2.75, 3.05) is 18.1 Å². The monoisotopic (exact) mass is 406 g/mol. The van der Waals surface area contributed by atoms with Gasteiger partial charge in [0.05, 0.1) is 18.1 Å². The van der Waals surface area contributed by atoms with Crippen molar-refractivity contribution in [3.63, 3.8) is 0 Å². The van der Waals surface area contributed by atoms with Gasteiger partial charge in [-0.3, -0.25) is 9.59 Å². The van der Waals surface area contributed by atoms with Gasteiger partial charge in [0.2, 0.25) is 11.8 Å². The molecule has 1 atom stereocenters. The number of hydrogen-bond donors (Lipinski definition) is 1. The number of benzene rings is 2. The van der Waals surface area contributed by atoms with Gasteiger partial charge in [-0.2, -0.15) is 13.2 Å². The Hall–Kier alpha value is -3.03. The highest BCUT2D eigenvalue weighted by atomic mass is 19.4. The minimum absolute atomic E-state index is 0.0313. The Morgan fingerprint density at radius 1 is 1.21 bits per heavy atom. The number of amides is 2. The first-order chi connectivity index (χ1) is 13.8. The molecule has 0 radical (unpaired) electrons. The smallest absolute Gasteiger partial charge is 0.416 e. The van der Waals surface area contributed by atoms with Gasteiger partial charge in [-0.05, 0) is 48.9 Å². The van der Waals surface area contributed by atoms with E-state index in [0.29, 0.717) is 23.6 Å². The fraction of sp³-hybridized carbons (Fsp3) is 0.333. The second-order valence-electron chi connectivity index (χ2n) is 6.75. The third kappa shape index (κ3) is 5.07. The molecule has 1 fully saturated rings. The minimum atomic E-state index is -4.43. The Morgan fingerprint density at radius 2 is 1.93 bits per heavy atom. The molecule has 8 heteroatoms. The molecule has 1 saturated heterocycles. The van der Waals surface area contributed by atoms with Gasteiger partial charge in [-0.25, -0.2) is 0 Å². The standard InChI is InChI=1S/C21H21F3N2O3/c1-2-29-18-8-6-17(7-9-18)26-13-15(11-19(26)27)20(28)25-12-14-4-3-5-16(10-14)21(22,23)24/h3-10,15H,2,11-13H2,1H3,(H,25,28)/t15-/m1/s1. The average Bonchev–Trinajstić information content (AvgIpc) is 3.08. The third-order valence-corrected chi connectivity index (χ3v) is 4.68. The van der Waals surface area contributed by atoms with Crippen molar-refractivity contribution in [3.8, 4) is 5.75 Å². The maximum absolute atomic E-state index is 12.8. The molecule has 0 saturated carbocycles. The number of anilines is 1. The van der Waals surface area contributed by atoms with E-state index >= 15 is 0 Å². The summed E-state index contributed by atoms with van der Waals surface area (Å²) in [6.07, 6.45) is -4.38. The number of hydrogen-bond acceptors (Lipinski definition) is 3. The largest absolute Gasteiger partial charge is 0.494 e. The summed E-state index contributed by atoms with van der Waals surface area (Å²) in [7, 11) is 0. The summed E-state index contributed by atoms with van der Waals surface area (Å²) < 4.78 is 43.7. The number of nitrogens with one attached hydrogen (secondary N) is 1. The summed E-state index contributed by atoms with van der Waals surface area (Å²) >= 11 is 0. The van der Waals surface area contributed by atoms with Crippen LogP contribution in [0.15, 0.2) is 48.5 Å². The molecule has 29 heavy (non-hydrogen) atoms. The zero-order valence-electron chi connectivity index (χ0n) is 15.8. The lowest BCUT2D eigenvalue weighted by Gasteiger charge is -2.17. The van der Waals surface area contributed by atoms with Crippen molar-refractivity contribution in [1.82, 2.24) is 5.32 Å². The van der Waals surface area contributed by atoms with Crippen LogP contribution in [0.3, 0.4) is 0 Å². The van der Waals surface area contributed by atoms with E-state index in [1.54, 1.807) is 24.3 Å².